The number of hydrogen-bond acceptors (Lipinski definition) is 8. The van der Waals surface area contributed by atoms with Gasteiger partial charge in [0.05, 0.1) is 36.9 Å². The molecule has 0 N–H and O–H groups in total. The van der Waals surface area contributed by atoms with Crippen LogP contribution in [0.25, 0.3) is 10.8 Å². The zero-order valence-corrected chi connectivity index (χ0v) is 23.5. The van der Waals surface area contributed by atoms with Gasteiger partial charge < -0.3 is 24.2 Å². The first kappa shape index (κ1) is 27.2. The maximum Gasteiger partial charge on any atom is 0.318 e. The van der Waals surface area contributed by atoms with Crippen molar-refractivity contribution in [3.63, 3.8) is 0 Å². The molecule has 6 rings (SSSR count). The molecule has 2 saturated heterocycles. The highest BCUT2D eigenvalue weighted by atomic mass is 16.5. The Labute approximate surface area is 241 Å². The van der Waals surface area contributed by atoms with E-state index in [9.17, 15) is 10.1 Å². The number of carbonyl (C=O) groups excluding carboxylic acids is 1. The van der Waals surface area contributed by atoms with Crippen LogP contribution in [0.15, 0.2) is 55.1 Å². The fourth-order valence-corrected chi connectivity index (χ4v) is 6.38. The molecule has 0 spiro atoms. The largest absolute Gasteiger partial charge is 0.462 e. The number of benzene rings is 2. The number of amides is 1. The average Bonchev–Trinajstić information content (AvgIpc) is 3.43. The van der Waals surface area contributed by atoms with E-state index in [-0.39, 0.29) is 24.5 Å². The van der Waals surface area contributed by atoms with Gasteiger partial charge in [0, 0.05) is 37.7 Å². The van der Waals surface area contributed by atoms with E-state index in [2.05, 4.69) is 72.0 Å². The first-order valence-electron chi connectivity index (χ1n) is 14.4. The number of likely N-dealkylation sites (tertiary alicyclic amines) is 1. The summed E-state index contributed by atoms with van der Waals surface area (Å²) < 4.78 is 12.8. The normalized spacial score (nSPS) is 22.8. The molecule has 2 aromatic carbocycles. The average molecular weight is 553 g/mol. The van der Waals surface area contributed by atoms with Crippen molar-refractivity contribution in [1.29, 1.82) is 5.26 Å². The Balaban J connectivity index is 1.33. The summed E-state index contributed by atoms with van der Waals surface area (Å²) in [5, 5.41) is 11.9. The maximum atomic E-state index is 12.5. The summed E-state index contributed by atoms with van der Waals surface area (Å²) in [6.07, 6.45) is 4.28. The summed E-state index contributed by atoms with van der Waals surface area (Å²) in [7, 11) is 2.13. The van der Waals surface area contributed by atoms with E-state index in [4.69, 9.17) is 19.4 Å². The first-order chi connectivity index (χ1) is 20.1. The quantitative estimate of drug-likeness (QED) is 0.406. The van der Waals surface area contributed by atoms with Crippen LogP contribution in [0.1, 0.15) is 42.2 Å². The Morgan fingerprint density at radius 2 is 2.02 bits per heavy atom. The molecule has 0 saturated carbocycles. The topological polar surface area (TPSA) is 94.8 Å². The van der Waals surface area contributed by atoms with Crippen molar-refractivity contribution >= 4 is 22.5 Å². The van der Waals surface area contributed by atoms with Crippen LogP contribution in [0.2, 0.25) is 0 Å². The van der Waals surface area contributed by atoms with Crippen molar-refractivity contribution in [1.82, 2.24) is 19.8 Å². The lowest BCUT2D eigenvalue weighted by Gasteiger charge is -2.41. The van der Waals surface area contributed by atoms with Gasteiger partial charge in [0.1, 0.15) is 12.4 Å². The molecule has 9 heteroatoms. The van der Waals surface area contributed by atoms with E-state index in [0.29, 0.717) is 51.3 Å². The minimum absolute atomic E-state index is 0.140. The minimum atomic E-state index is -0.255. The molecule has 0 bridgehead atoms. The molecule has 2 fully saturated rings. The van der Waals surface area contributed by atoms with Gasteiger partial charge in [-0.15, -0.1) is 0 Å². The molecule has 1 aromatic heterocycles. The molecule has 3 unspecified atom stereocenters. The van der Waals surface area contributed by atoms with Crippen LogP contribution in [-0.4, -0.2) is 77.6 Å². The third kappa shape index (κ3) is 5.50. The number of carbonyl (C=O) groups is 1. The number of ether oxygens (including phenoxy) is 2. The lowest BCUT2D eigenvalue weighted by atomic mass is 9.94. The Bertz CT molecular complexity index is 1480. The second-order valence-corrected chi connectivity index (χ2v) is 11.1. The number of likely N-dealkylation sites (N-methyl/N-ethyl adjacent to an activating group) is 1. The number of fused-ring (bicyclic) bond motifs is 2. The van der Waals surface area contributed by atoms with E-state index in [1.54, 1.807) is 4.90 Å². The van der Waals surface area contributed by atoms with Crippen LogP contribution >= 0.6 is 0 Å². The summed E-state index contributed by atoms with van der Waals surface area (Å²) in [4.78, 5) is 28.6. The lowest BCUT2D eigenvalue weighted by Crippen LogP contribution is -2.55. The fourth-order valence-electron chi connectivity index (χ4n) is 6.38. The van der Waals surface area contributed by atoms with Gasteiger partial charge in [0.15, 0.2) is 0 Å². The van der Waals surface area contributed by atoms with Gasteiger partial charge in [-0.1, -0.05) is 49.0 Å². The van der Waals surface area contributed by atoms with Crippen LogP contribution in [0.4, 0.5) is 5.82 Å². The van der Waals surface area contributed by atoms with Crippen LogP contribution in [-0.2, 0) is 22.6 Å². The molecule has 41 heavy (non-hydrogen) atoms. The Morgan fingerprint density at radius 3 is 2.83 bits per heavy atom. The van der Waals surface area contributed by atoms with Gasteiger partial charge >= 0.3 is 6.01 Å². The molecule has 0 radical (unpaired) electrons. The number of nitrogens with zero attached hydrogens (tertiary/aromatic N) is 6. The van der Waals surface area contributed by atoms with Crippen molar-refractivity contribution in [3.05, 3.63) is 71.9 Å². The monoisotopic (exact) mass is 552 g/mol. The van der Waals surface area contributed by atoms with E-state index in [0.717, 1.165) is 35.6 Å². The summed E-state index contributed by atoms with van der Waals surface area (Å²) in [6.45, 7) is 7.19. The Morgan fingerprint density at radius 1 is 1.17 bits per heavy atom. The van der Waals surface area contributed by atoms with Crippen LogP contribution < -0.4 is 9.64 Å². The molecule has 3 aromatic rings. The number of rotatable bonds is 7. The molecule has 4 heterocycles. The van der Waals surface area contributed by atoms with E-state index in [1.165, 1.54) is 23.3 Å². The number of nitriles is 1. The Hall–Kier alpha value is -4.00. The van der Waals surface area contributed by atoms with Crippen molar-refractivity contribution in [2.75, 3.05) is 44.7 Å². The highest BCUT2D eigenvalue weighted by Gasteiger charge is 2.34. The van der Waals surface area contributed by atoms with E-state index < -0.39 is 0 Å². The van der Waals surface area contributed by atoms with Crippen molar-refractivity contribution < 1.29 is 14.3 Å². The summed E-state index contributed by atoms with van der Waals surface area (Å²) >= 11 is 0. The molecule has 3 atom stereocenters. The predicted molar refractivity (Wildman–Crippen MR) is 157 cm³/mol. The summed E-state index contributed by atoms with van der Waals surface area (Å²) in [6, 6.07) is 17.4. The molecular formula is C32H36N6O3. The van der Waals surface area contributed by atoms with Crippen molar-refractivity contribution in [2.45, 2.75) is 50.5 Å². The zero-order valence-electron chi connectivity index (χ0n) is 23.5. The number of hydrogen-bond donors (Lipinski definition) is 0. The van der Waals surface area contributed by atoms with Gasteiger partial charge in [-0.25, -0.2) is 0 Å². The zero-order chi connectivity index (χ0) is 28.3. The maximum absolute atomic E-state index is 12.5. The van der Waals surface area contributed by atoms with Gasteiger partial charge in [-0.05, 0) is 48.8 Å². The minimum Gasteiger partial charge on any atom is -0.462 e. The van der Waals surface area contributed by atoms with Gasteiger partial charge in [0.2, 0.25) is 5.91 Å². The lowest BCUT2D eigenvalue weighted by molar-refractivity contribution is -0.128. The smallest absolute Gasteiger partial charge is 0.318 e. The number of anilines is 1. The molecule has 9 nitrogen and oxygen atoms in total. The molecular weight excluding hydrogens is 516 g/mol. The third-order valence-corrected chi connectivity index (χ3v) is 8.67. The van der Waals surface area contributed by atoms with Crippen LogP contribution in [0.5, 0.6) is 6.01 Å². The molecule has 212 valence electrons. The molecule has 3 aliphatic heterocycles. The number of piperazine rings is 1. The second kappa shape index (κ2) is 11.9. The molecule has 1 amide bonds. The van der Waals surface area contributed by atoms with Gasteiger partial charge in [-0.3, -0.25) is 4.79 Å². The fraction of sp³-hybridized carbons (Fsp3) is 0.438. The van der Waals surface area contributed by atoms with Crippen LogP contribution in [0, 0.1) is 11.3 Å². The molecule has 3 aliphatic rings. The van der Waals surface area contributed by atoms with Crippen LogP contribution in [0.3, 0.4) is 0 Å². The SMILES string of the molecule is C=CC(=O)N1CCN(c2nc(OCC3CCCN3C)nc3c2COC(c2cccc4ccccc24)C3)CC1CC#N. The van der Waals surface area contributed by atoms with Crippen molar-refractivity contribution in [3.8, 4) is 12.1 Å². The number of aromatic nitrogens is 2. The molecule has 0 aliphatic carbocycles. The standard InChI is InChI=1S/C32H36N6O3/c1-3-30(39)38-17-16-37(19-23(38)13-14-33)31-27-21-40-29(26-12-6-9-22-8-4-5-11-25(22)26)18-28(27)34-32(35-31)41-20-24-10-7-15-36(24)2/h3-6,8-9,11-12,23-24,29H,1,7,10,13,15-21H2,2H3. The van der Waals surface area contributed by atoms with Gasteiger partial charge in [0.25, 0.3) is 0 Å². The summed E-state index contributed by atoms with van der Waals surface area (Å²) in [5.74, 6) is 0.621. The Kier molecular flexibility index (Phi) is 7.86. The first-order valence-corrected chi connectivity index (χ1v) is 14.4. The highest BCUT2D eigenvalue weighted by molar-refractivity contribution is 5.87. The highest BCUT2D eigenvalue weighted by Crippen LogP contribution is 2.38. The van der Waals surface area contributed by atoms with E-state index >= 15 is 0 Å². The second-order valence-electron chi connectivity index (χ2n) is 11.1. The summed E-state index contributed by atoms with van der Waals surface area (Å²) in [5.41, 5.74) is 3.02. The third-order valence-electron chi connectivity index (χ3n) is 8.67. The van der Waals surface area contributed by atoms with E-state index in [1.807, 2.05) is 0 Å². The van der Waals surface area contributed by atoms with Gasteiger partial charge in [-0.2, -0.15) is 15.2 Å². The predicted octanol–water partition coefficient (Wildman–Crippen LogP) is 4.03. The van der Waals surface area contributed by atoms with Crippen molar-refractivity contribution in [2.24, 2.45) is 0 Å².